The van der Waals surface area contributed by atoms with Crippen molar-refractivity contribution in [2.24, 2.45) is 0 Å². The van der Waals surface area contributed by atoms with Crippen molar-refractivity contribution in [3.05, 3.63) is 48.5 Å². The second-order valence-electron chi connectivity index (χ2n) is 6.63. The van der Waals surface area contributed by atoms with Gasteiger partial charge in [0.25, 0.3) is 5.91 Å². The lowest BCUT2D eigenvalue weighted by atomic mass is 10.3. The van der Waals surface area contributed by atoms with E-state index in [-0.39, 0.29) is 30.5 Å². The molecule has 0 radical (unpaired) electrons. The number of sulfonamides is 1. The van der Waals surface area contributed by atoms with E-state index in [0.29, 0.717) is 36.9 Å². The fraction of sp³-hybridized carbons (Fsp3) is 0.381. The third kappa shape index (κ3) is 5.03. The Morgan fingerprint density at radius 3 is 2.17 bits per heavy atom. The van der Waals surface area contributed by atoms with E-state index in [0.717, 1.165) is 0 Å². The lowest BCUT2D eigenvalue weighted by Gasteiger charge is -2.34. The van der Waals surface area contributed by atoms with Gasteiger partial charge in [-0.3, -0.25) is 4.79 Å². The molecule has 2 aromatic carbocycles. The maximum Gasteiger partial charge on any atom is 0.260 e. The van der Waals surface area contributed by atoms with E-state index in [1.165, 1.54) is 11.4 Å². The van der Waals surface area contributed by atoms with E-state index in [1.54, 1.807) is 47.4 Å². The van der Waals surface area contributed by atoms with Gasteiger partial charge in [0.2, 0.25) is 10.0 Å². The van der Waals surface area contributed by atoms with Crippen molar-refractivity contribution in [2.45, 2.75) is 11.8 Å². The van der Waals surface area contributed by atoms with Gasteiger partial charge >= 0.3 is 0 Å². The second-order valence-corrected chi connectivity index (χ2v) is 8.57. The van der Waals surface area contributed by atoms with Crippen molar-refractivity contribution in [1.29, 1.82) is 0 Å². The van der Waals surface area contributed by atoms with Gasteiger partial charge in [0.05, 0.1) is 18.6 Å². The fourth-order valence-electron chi connectivity index (χ4n) is 3.17. The Balaban J connectivity index is 1.55. The topological polar surface area (TPSA) is 85.4 Å². The molecule has 2 aromatic rings. The van der Waals surface area contributed by atoms with Crippen LogP contribution in [0.4, 0.5) is 0 Å². The molecule has 0 aromatic heterocycles. The number of nitrogens with zero attached hydrogens (tertiary/aromatic N) is 2. The Labute approximate surface area is 177 Å². The zero-order valence-corrected chi connectivity index (χ0v) is 17.9. The third-order valence-corrected chi connectivity index (χ3v) is 6.70. The highest BCUT2D eigenvalue weighted by Crippen LogP contribution is 2.26. The number of benzene rings is 2. The molecular formula is C21H26N2O6S. The maximum absolute atomic E-state index is 12.9. The molecule has 3 rings (SSSR count). The molecule has 1 aliphatic heterocycles. The first-order valence-corrected chi connectivity index (χ1v) is 11.2. The monoisotopic (exact) mass is 434 g/mol. The van der Waals surface area contributed by atoms with Crippen LogP contribution in [0.1, 0.15) is 6.92 Å². The van der Waals surface area contributed by atoms with Crippen LogP contribution in [0.2, 0.25) is 0 Å². The zero-order chi connectivity index (χ0) is 21.6. The molecule has 30 heavy (non-hydrogen) atoms. The molecule has 1 heterocycles. The third-order valence-electron chi connectivity index (χ3n) is 4.78. The molecule has 1 fully saturated rings. The largest absolute Gasteiger partial charge is 0.494 e. The van der Waals surface area contributed by atoms with E-state index in [2.05, 4.69) is 0 Å². The number of carbonyl (C=O) groups is 1. The number of hydrogen-bond donors (Lipinski definition) is 0. The first kappa shape index (κ1) is 21.9. The molecule has 1 aliphatic rings. The number of amides is 1. The molecule has 0 aliphatic carbocycles. The Kier molecular flexibility index (Phi) is 7.17. The number of hydrogen-bond acceptors (Lipinski definition) is 6. The molecule has 162 valence electrons. The Hall–Kier alpha value is -2.78. The molecule has 0 unspecified atom stereocenters. The summed E-state index contributed by atoms with van der Waals surface area (Å²) in [6.45, 7) is 3.34. The summed E-state index contributed by atoms with van der Waals surface area (Å²) in [5.74, 6) is 1.47. The van der Waals surface area contributed by atoms with Gasteiger partial charge in [-0.15, -0.1) is 0 Å². The average Bonchev–Trinajstić information content (AvgIpc) is 2.78. The average molecular weight is 435 g/mol. The Morgan fingerprint density at radius 2 is 1.57 bits per heavy atom. The van der Waals surface area contributed by atoms with Crippen molar-refractivity contribution in [3.63, 3.8) is 0 Å². The summed E-state index contributed by atoms with van der Waals surface area (Å²) in [5, 5.41) is 0. The quantitative estimate of drug-likeness (QED) is 0.632. The standard InChI is InChI=1S/C21H26N2O6S/c1-3-28-17-8-10-18(11-9-17)30(25,26)23-14-12-22(13-15-23)21(24)16-29-20-7-5-4-6-19(20)27-2/h4-11H,3,12-16H2,1-2H3. The number of carbonyl (C=O) groups excluding carboxylic acids is 1. The molecule has 1 amide bonds. The number of rotatable bonds is 8. The summed E-state index contributed by atoms with van der Waals surface area (Å²) in [7, 11) is -2.08. The smallest absolute Gasteiger partial charge is 0.260 e. The van der Waals surface area contributed by atoms with Crippen molar-refractivity contribution in [2.75, 3.05) is 46.5 Å². The highest BCUT2D eigenvalue weighted by atomic mass is 32.2. The van der Waals surface area contributed by atoms with E-state index < -0.39 is 10.0 Å². The van der Waals surface area contributed by atoms with Crippen LogP contribution in [-0.2, 0) is 14.8 Å². The minimum atomic E-state index is -3.62. The van der Waals surface area contributed by atoms with E-state index >= 15 is 0 Å². The van der Waals surface area contributed by atoms with Gasteiger partial charge < -0.3 is 19.1 Å². The van der Waals surface area contributed by atoms with Gasteiger partial charge in [-0.25, -0.2) is 8.42 Å². The molecule has 0 bridgehead atoms. The fourth-order valence-corrected chi connectivity index (χ4v) is 4.59. The number of para-hydroxylation sites is 2. The van der Waals surface area contributed by atoms with Crippen LogP contribution in [-0.4, -0.2) is 70.0 Å². The lowest BCUT2D eigenvalue weighted by molar-refractivity contribution is -0.134. The van der Waals surface area contributed by atoms with Crippen molar-refractivity contribution in [1.82, 2.24) is 9.21 Å². The minimum Gasteiger partial charge on any atom is -0.494 e. The van der Waals surface area contributed by atoms with E-state index in [4.69, 9.17) is 14.2 Å². The Morgan fingerprint density at radius 1 is 0.933 bits per heavy atom. The van der Waals surface area contributed by atoms with Crippen LogP contribution in [0.3, 0.4) is 0 Å². The van der Waals surface area contributed by atoms with Crippen LogP contribution in [0.5, 0.6) is 17.2 Å². The van der Waals surface area contributed by atoms with Crippen LogP contribution in [0.25, 0.3) is 0 Å². The summed E-state index contributed by atoms with van der Waals surface area (Å²) < 4.78 is 43.3. The predicted molar refractivity (Wildman–Crippen MR) is 111 cm³/mol. The van der Waals surface area contributed by atoms with Crippen molar-refractivity contribution < 1.29 is 27.4 Å². The van der Waals surface area contributed by atoms with Gasteiger partial charge in [0.15, 0.2) is 18.1 Å². The molecule has 1 saturated heterocycles. The maximum atomic E-state index is 12.9. The summed E-state index contributed by atoms with van der Waals surface area (Å²) in [6, 6.07) is 13.5. The highest BCUT2D eigenvalue weighted by molar-refractivity contribution is 7.89. The first-order chi connectivity index (χ1) is 14.5. The number of piperazine rings is 1. The van der Waals surface area contributed by atoms with Crippen molar-refractivity contribution in [3.8, 4) is 17.2 Å². The summed E-state index contributed by atoms with van der Waals surface area (Å²) in [6.07, 6.45) is 0. The summed E-state index contributed by atoms with van der Waals surface area (Å²) in [4.78, 5) is 14.3. The van der Waals surface area contributed by atoms with E-state index in [9.17, 15) is 13.2 Å². The highest BCUT2D eigenvalue weighted by Gasteiger charge is 2.30. The van der Waals surface area contributed by atoms with Crippen molar-refractivity contribution >= 4 is 15.9 Å². The molecule has 9 heteroatoms. The van der Waals surface area contributed by atoms with E-state index in [1.807, 2.05) is 13.0 Å². The molecule has 8 nitrogen and oxygen atoms in total. The Bertz CT molecular complexity index is 954. The first-order valence-electron chi connectivity index (χ1n) is 9.72. The molecule has 0 saturated carbocycles. The van der Waals surface area contributed by atoms with Gasteiger partial charge in [-0.1, -0.05) is 12.1 Å². The number of methoxy groups -OCH3 is 1. The molecule has 0 atom stereocenters. The zero-order valence-electron chi connectivity index (χ0n) is 17.1. The van der Waals surface area contributed by atoms with Gasteiger partial charge in [0.1, 0.15) is 5.75 Å². The SMILES string of the molecule is CCOc1ccc(S(=O)(=O)N2CCN(C(=O)COc3ccccc3OC)CC2)cc1. The van der Waals surface area contributed by atoms with Crippen LogP contribution in [0.15, 0.2) is 53.4 Å². The van der Waals surface area contributed by atoms with Crippen LogP contribution in [0, 0.1) is 0 Å². The summed E-state index contributed by atoms with van der Waals surface area (Å²) >= 11 is 0. The second kappa shape index (κ2) is 9.82. The van der Waals surface area contributed by atoms with Gasteiger partial charge in [0, 0.05) is 26.2 Å². The van der Waals surface area contributed by atoms with Gasteiger partial charge in [-0.05, 0) is 43.3 Å². The minimum absolute atomic E-state index is 0.133. The summed E-state index contributed by atoms with van der Waals surface area (Å²) in [5.41, 5.74) is 0. The normalized spacial score (nSPS) is 14.9. The number of ether oxygens (including phenoxy) is 3. The predicted octanol–water partition coefficient (Wildman–Crippen LogP) is 2.01. The lowest BCUT2D eigenvalue weighted by Crippen LogP contribution is -2.51. The molecular weight excluding hydrogens is 408 g/mol. The van der Waals surface area contributed by atoms with Crippen LogP contribution < -0.4 is 14.2 Å². The van der Waals surface area contributed by atoms with Gasteiger partial charge in [-0.2, -0.15) is 4.31 Å². The molecule has 0 N–H and O–H groups in total. The molecule has 0 spiro atoms. The van der Waals surface area contributed by atoms with Crippen LogP contribution >= 0.6 is 0 Å².